The Morgan fingerprint density at radius 1 is 1.00 bits per heavy atom. The first kappa shape index (κ1) is 19.9. The first-order valence-electron chi connectivity index (χ1n) is 10.3. The van der Waals surface area contributed by atoms with Crippen molar-refractivity contribution < 1.29 is 14.3 Å². The molecule has 0 aromatic heterocycles. The average molecular weight is 406 g/mol. The van der Waals surface area contributed by atoms with Crippen molar-refractivity contribution in [1.29, 1.82) is 0 Å². The predicted molar refractivity (Wildman–Crippen MR) is 115 cm³/mol. The molecule has 0 spiro atoms. The number of esters is 1. The Hall–Kier alpha value is -3.35. The molecule has 0 saturated carbocycles. The zero-order valence-electron chi connectivity index (χ0n) is 17.0. The fourth-order valence-electron chi connectivity index (χ4n) is 3.93. The first-order valence-corrected chi connectivity index (χ1v) is 10.3. The van der Waals surface area contributed by atoms with Crippen molar-refractivity contribution in [2.75, 3.05) is 37.7 Å². The second-order valence-electron chi connectivity index (χ2n) is 7.34. The molecule has 1 saturated heterocycles. The van der Waals surface area contributed by atoms with E-state index in [0.29, 0.717) is 5.96 Å². The number of para-hydroxylation sites is 1. The van der Waals surface area contributed by atoms with Gasteiger partial charge in [0.25, 0.3) is 0 Å². The highest BCUT2D eigenvalue weighted by Gasteiger charge is 2.42. The van der Waals surface area contributed by atoms with Gasteiger partial charge in [-0.3, -0.25) is 14.9 Å². The maximum atomic E-state index is 12.9. The van der Waals surface area contributed by atoms with Crippen molar-refractivity contribution in [1.82, 2.24) is 10.2 Å². The van der Waals surface area contributed by atoms with Gasteiger partial charge in [-0.1, -0.05) is 48.5 Å². The highest BCUT2D eigenvalue weighted by Crippen LogP contribution is 2.31. The van der Waals surface area contributed by atoms with E-state index in [2.05, 4.69) is 27.2 Å². The molecule has 0 unspecified atom stereocenters. The minimum atomic E-state index is -0.985. The van der Waals surface area contributed by atoms with Crippen LogP contribution in [0.25, 0.3) is 0 Å². The molecule has 2 aromatic rings. The number of piperazine rings is 1. The molecular weight excluding hydrogens is 380 g/mol. The van der Waals surface area contributed by atoms with E-state index in [1.54, 1.807) is 6.92 Å². The van der Waals surface area contributed by atoms with Crippen LogP contribution in [0.5, 0.6) is 0 Å². The molecular formula is C23H26N4O3. The van der Waals surface area contributed by atoms with E-state index in [-0.39, 0.29) is 12.5 Å². The number of nitrogens with zero attached hydrogens (tertiary/aromatic N) is 3. The molecule has 2 aliphatic heterocycles. The summed E-state index contributed by atoms with van der Waals surface area (Å²) in [7, 11) is 0. The van der Waals surface area contributed by atoms with Gasteiger partial charge in [-0.05, 0) is 24.6 Å². The summed E-state index contributed by atoms with van der Waals surface area (Å²) >= 11 is 0. The molecule has 4 rings (SSSR count). The van der Waals surface area contributed by atoms with Gasteiger partial charge in [0.05, 0.1) is 6.61 Å². The summed E-state index contributed by atoms with van der Waals surface area (Å²) in [5.74, 6) is -1.36. The molecule has 7 nitrogen and oxygen atoms in total. The number of hydrogen-bond donors (Lipinski definition) is 1. The highest BCUT2D eigenvalue weighted by molar-refractivity contribution is 6.08. The number of carbonyl (C=O) groups is 2. The lowest BCUT2D eigenvalue weighted by Gasteiger charge is -2.39. The molecule has 30 heavy (non-hydrogen) atoms. The van der Waals surface area contributed by atoms with Gasteiger partial charge in [0.15, 0.2) is 5.92 Å². The van der Waals surface area contributed by atoms with Gasteiger partial charge < -0.3 is 14.5 Å². The third-order valence-electron chi connectivity index (χ3n) is 5.48. The molecule has 2 aliphatic rings. The lowest BCUT2D eigenvalue weighted by Crippen LogP contribution is -2.57. The fraction of sp³-hybridized carbons (Fsp3) is 0.348. The fourth-order valence-corrected chi connectivity index (χ4v) is 3.93. The SMILES string of the molecule is CCOC(=O)[C@@H]1C(=O)NC(N2CCN(c3ccccc3)CC2)=N[C@H]1c1ccccc1. The minimum Gasteiger partial charge on any atom is -0.465 e. The normalized spacial score (nSPS) is 21.6. The second-order valence-corrected chi connectivity index (χ2v) is 7.34. The third kappa shape index (κ3) is 4.15. The van der Waals surface area contributed by atoms with Crippen LogP contribution in [0.4, 0.5) is 5.69 Å². The number of nitrogens with one attached hydrogen (secondary N) is 1. The van der Waals surface area contributed by atoms with Crippen LogP contribution < -0.4 is 10.2 Å². The number of aliphatic imine (C=N–C) groups is 1. The Morgan fingerprint density at radius 3 is 2.23 bits per heavy atom. The Labute approximate surface area is 176 Å². The predicted octanol–water partition coefficient (Wildman–Crippen LogP) is 2.22. The quantitative estimate of drug-likeness (QED) is 0.623. The van der Waals surface area contributed by atoms with Crippen molar-refractivity contribution in [3.05, 3.63) is 66.2 Å². The van der Waals surface area contributed by atoms with E-state index in [1.165, 1.54) is 5.69 Å². The average Bonchev–Trinajstić information content (AvgIpc) is 2.80. The number of ether oxygens (including phenoxy) is 1. The van der Waals surface area contributed by atoms with Crippen LogP contribution in [-0.2, 0) is 14.3 Å². The molecule has 0 radical (unpaired) electrons. The number of benzene rings is 2. The molecule has 156 valence electrons. The number of amides is 1. The van der Waals surface area contributed by atoms with Crippen molar-refractivity contribution in [3.63, 3.8) is 0 Å². The minimum absolute atomic E-state index is 0.224. The van der Waals surface area contributed by atoms with E-state index in [9.17, 15) is 9.59 Å². The van der Waals surface area contributed by atoms with E-state index in [1.807, 2.05) is 48.5 Å². The zero-order valence-corrected chi connectivity index (χ0v) is 17.0. The van der Waals surface area contributed by atoms with E-state index in [0.717, 1.165) is 31.7 Å². The molecule has 2 atom stereocenters. The van der Waals surface area contributed by atoms with Crippen molar-refractivity contribution >= 4 is 23.5 Å². The molecule has 2 heterocycles. The molecule has 7 heteroatoms. The van der Waals surface area contributed by atoms with Crippen molar-refractivity contribution in [2.24, 2.45) is 10.9 Å². The van der Waals surface area contributed by atoms with Crippen LogP contribution in [0.15, 0.2) is 65.7 Å². The highest BCUT2D eigenvalue weighted by atomic mass is 16.5. The second kappa shape index (κ2) is 8.98. The van der Waals surface area contributed by atoms with Gasteiger partial charge in [-0.15, -0.1) is 0 Å². The molecule has 0 aliphatic carbocycles. The van der Waals surface area contributed by atoms with Gasteiger partial charge in [0.2, 0.25) is 11.9 Å². The van der Waals surface area contributed by atoms with Crippen LogP contribution >= 0.6 is 0 Å². The molecule has 0 bridgehead atoms. The van der Waals surface area contributed by atoms with Crippen molar-refractivity contribution in [3.8, 4) is 0 Å². The van der Waals surface area contributed by atoms with Crippen LogP contribution in [-0.4, -0.2) is 55.5 Å². The summed E-state index contributed by atoms with van der Waals surface area (Å²) in [6.07, 6.45) is 0. The summed E-state index contributed by atoms with van der Waals surface area (Å²) in [5.41, 5.74) is 2.02. The summed E-state index contributed by atoms with van der Waals surface area (Å²) in [6.45, 7) is 5.09. The van der Waals surface area contributed by atoms with Gasteiger partial charge in [0, 0.05) is 31.9 Å². The number of carbonyl (C=O) groups excluding carboxylic acids is 2. The number of hydrogen-bond acceptors (Lipinski definition) is 6. The Morgan fingerprint density at radius 2 is 1.60 bits per heavy atom. The lowest BCUT2D eigenvalue weighted by molar-refractivity contribution is -0.153. The van der Waals surface area contributed by atoms with Gasteiger partial charge in [-0.2, -0.15) is 0 Å². The Balaban J connectivity index is 1.55. The molecule has 1 fully saturated rings. The van der Waals surface area contributed by atoms with Gasteiger partial charge in [-0.25, -0.2) is 4.99 Å². The van der Waals surface area contributed by atoms with Crippen LogP contribution in [0, 0.1) is 5.92 Å². The summed E-state index contributed by atoms with van der Waals surface area (Å²) in [5, 5.41) is 2.85. The first-order chi connectivity index (χ1) is 14.7. The smallest absolute Gasteiger partial charge is 0.321 e. The largest absolute Gasteiger partial charge is 0.465 e. The molecule has 2 aromatic carbocycles. The Kier molecular flexibility index (Phi) is 5.97. The van der Waals surface area contributed by atoms with Crippen LogP contribution in [0.2, 0.25) is 0 Å². The molecule has 1 N–H and O–H groups in total. The number of anilines is 1. The standard InChI is InChI=1S/C23H26N4O3/c1-2-30-22(29)19-20(17-9-5-3-6-10-17)24-23(25-21(19)28)27-15-13-26(14-16-27)18-11-7-4-8-12-18/h3-12,19-20H,2,13-16H2,1H3,(H,24,25,28)/t19-,20-/m0/s1. The lowest BCUT2D eigenvalue weighted by atomic mass is 9.91. The van der Waals surface area contributed by atoms with E-state index >= 15 is 0 Å². The summed E-state index contributed by atoms with van der Waals surface area (Å²) in [6, 6.07) is 19.1. The van der Waals surface area contributed by atoms with Crippen molar-refractivity contribution in [2.45, 2.75) is 13.0 Å². The molecule has 1 amide bonds. The zero-order chi connectivity index (χ0) is 20.9. The maximum Gasteiger partial charge on any atom is 0.321 e. The summed E-state index contributed by atoms with van der Waals surface area (Å²) < 4.78 is 5.16. The number of guanidine groups is 1. The van der Waals surface area contributed by atoms with E-state index < -0.39 is 17.9 Å². The van der Waals surface area contributed by atoms with Gasteiger partial charge in [0.1, 0.15) is 6.04 Å². The van der Waals surface area contributed by atoms with Crippen LogP contribution in [0.1, 0.15) is 18.5 Å². The maximum absolute atomic E-state index is 12.9. The summed E-state index contributed by atoms with van der Waals surface area (Å²) in [4.78, 5) is 34.6. The monoisotopic (exact) mass is 406 g/mol. The van der Waals surface area contributed by atoms with E-state index in [4.69, 9.17) is 9.73 Å². The van der Waals surface area contributed by atoms with Crippen LogP contribution in [0.3, 0.4) is 0 Å². The third-order valence-corrected chi connectivity index (χ3v) is 5.48. The number of rotatable bonds is 4. The topological polar surface area (TPSA) is 74.2 Å². The Bertz CT molecular complexity index is 909. The van der Waals surface area contributed by atoms with Gasteiger partial charge >= 0.3 is 5.97 Å².